The predicted molar refractivity (Wildman–Crippen MR) is 112 cm³/mol. The van der Waals surface area contributed by atoms with Gasteiger partial charge in [-0.05, 0) is 26.7 Å². The van der Waals surface area contributed by atoms with Crippen LogP contribution in [0, 0.1) is 13.8 Å². The van der Waals surface area contributed by atoms with Crippen LogP contribution in [0.1, 0.15) is 39.4 Å². The molecule has 2 aromatic heterocycles. The van der Waals surface area contributed by atoms with Gasteiger partial charge in [-0.3, -0.25) is 14.7 Å². The van der Waals surface area contributed by atoms with Crippen molar-refractivity contribution in [3.05, 3.63) is 64.7 Å². The zero-order valence-corrected chi connectivity index (χ0v) is 17.1. The summed E-state index contributed by atoms with van der Waals surface area (Å²) >= 11 is 0. The molecule has 0 unspecified atom stereocenters. The largest absolute Gasteiger partial charge is 0.350 e. The number of aromatic amines is 1. The van der Waals surface area contributed by atoms with Gasteiger partial charge in [-0.2, -0.15) is 5.10 Å². The minimum Gasteiger partial charge on any atom is -0.350 e. The van der Waals surface area contributed by atoms with Gasteiger partial charge in [-0.25, -0.2) is 9.97 Å². The van der Waals surface area contributed by atoms with Gasteiger partial charge in [0.2, 0.25) is 5.91 Å². The number of benzene rings is 1. The van der Waals surface area contributed by atoms with Gasteiger partial charge in [0.1, 0.15) is 0 Å². The number of aryl methyl sites for hydroxylation is 3. The number of nitrogens with one attached hydrogen (secondary N) is 2. The first kappa shape index (κ1) is 19.8. The van der Waals surface area contributed by atoms with E-state index in [1.807, 2.05) is 44.2 Å². The maximum Gasteiger partial charge on any atom is 0.257 e. The highest BCUT2D eigenvalue weighted by molar-refractivity contribution is 5.97. The first-order valence-electron chi connectivity index (χ1n) is 10.0. The summed E-state index contributed by atoms with van der Waals surface area (Å²) in [6.45, 7) is 4.71. The van der Waals surface area contributed by atoms with Gasteiger partial charge >= 0.3 is 0 Å². The average molecular weight is 404 g/mol. The number of nitrogens with zero attached hydrogens (tertiary/aromatic N) is 4. The van der Waals surface area contributed by atoms with Crippen LogP contribution < -0.4 is 5.32 Å². The Kier molecular flexibility index (Phi) is 5.56. The topological polar surface area (TPSA) is 104 Å². The molecule has 30 heavy (non-hydrogen) atoms. The molecule has 4 rings (SSSR count). The quantitative estimate of drug-likeness (QED) is 0.678. The number of aromatic nitrogens is 4. The number of carbonyl (C=O) groups excluding carboxylic acids is 2. The van der Waals surface area contributed by atoms with Crippen molar-refractivity contribution in [1.82, 2.24) is 30.4 Å². The third-order valence-corrected chi connectivity index (χ3v) is 5.34. The number of amides is 2. The number of hydrogen-bond acceptors (Lipinski definition) is 5. The smallest absolute Gasteiger partial charge is 0.257 e. The normalized spacial score (nSPS) is 13.7. The lowest BCUT2D eigenvalue weighted by Gasteiger charge is -2.20. The lowest BCUT2D eigenvalue weighted by atomic mass is 10.1. The molecule has 3 aromatic rings. The second-order valence-corrected chi connectivity index (χ2v) is 7.44. The van der Waals surface area contributed by atoms with Crippen molar-refractivity contribution in [2.24, 2.45) is 0 Å². The molecule has 1 aliphatic rings. The summed E-state index contributed by atoms with van der Waals surface area (Å²) in [4.78, 5) is 36.1. The zero-order valence-electron chi connectivity index (χ0n) is 17.1. The summed E-state index contributed by atoms with van der Waals surface area (Å²) in [5.41, 5.74) is 4.89. The summed E-state index contributed by atoms with van der Waals surface area (Å²) in [6.07, 6.45) is 3.01. The fraction of sp³-hybridized carbons (Fsp3) is 0.318. The van der Waals surface area contributed by atoms with Crippen molar-refractivity contribution < 1.29 is 9.59 Å². The Morgan fingerprint density at radius 3 is 2.77 bits per heavy atom. The maximum atomic E-state index is 13.0. The van der Waals surface area contributed by atoms with Crippen molar-refractivity contribution in [1.29, 1.82) is 0 Å². The molecule has 0 atom stereocenters. The fourth-order valence-electron chi connectivity index (χ4n) is 3.62. The third-order valence-electron chi connectivity index (χ3n) is 5.34. The Bertz CT molecular complexity index is 1060. The fourth-order valence-corrected chi connectivity index (χ4v) is 3.62. The summed E-state index contributed by atoms with van der Waals surface area (Å²) in [7, 11) is 0. The first-order chi connectivity index (χ1) is 14.5. The molecule has 8 nitrogen and oxygen atoms in total. The molecule has 0 aliphatic carbocycles. The number of carbonyl (C=O) groups is 2. The molecular weight excluding hydrogens is 380 g/mol. The Hall–Kier alpha value is -3.55. The summed E-state index contributed by atoms with van der Waals surface area (Å²) in [6, 6.07) is 9.69. The number of H-pyrrole nitrogens is 1. The molecule has 2 amide bonds. The molecule has 0 bridgehead atoms. The van der Waals surface area contributed by atoms with E-state index in [0.29, 0.717) is 30.9 Å². The van der Waals surface area contributed by atoms with Crippen molar-refractivity contribution in [3.63, 3.8) is 0 Å². The van der Waals surface area contributed by atoms with Crippen molar-refractivity contribution in [2.75, 3.05) is 13.1 Å². The van der Waals surface area contributed by atoms with Crippen LogP contribution >= 0.6 is 0 Å². The molecule has 154 valence electrons. The van der Waals surface area contributed by atoms with Crippen molar-refractivity contribution >= 4 is 11.8 Å². The molecule has 0 fully saturated rings. The van der Waals surface area contributed by atoms with Gasteiger partial charge in [0.05, 0.1) is 23.5 Å². The number of hydrogen-bond donors (Lipinski definition) is 2. The standard InChI is InChI=1S/C22H24N6O2/c1-14-17(15(2)27-26-14)11-23-20(29)13-28-10-6-9-19-18(22(28)30)12-24-21(25-19)16-7-4-3-5-8-16/h3-5,7-8,12H,6,9-11,13H2,1-2H3,(H,23,29)(H,26,27). The van der Waals surface area contributed by atoms with E-state index in [2.05, 4.69) is 25.5 Å². The lowest BCUT2D eigenvalue weighted by molar-refractivity contribution is -0.122. The van der Waals surface area contributed by atoms with E-state index in [0.717, 1.165) is 34.6 Å². The summed E-state index contributed by atoms with van der Waals surface area (Å²) < 4.78 is 0. The van der Waals surface area contributed by atoms with Crippen LogP contribution in [0.2, 0.25) is 0 Å². The molecular formula is C22H24N6O2. The van der Waals surface area contributed by atoms with E-state index >= 15 is 0 Å². The van der Waals surface area contributed by atoms with Crippen LogP contribution in [0.3, 0.4) is 0 Å². The van der Waals surface area contributed by atoms with Crippen LogP contribution in [0.15, 0.2) is 36.5 Å². The molecule has 1 aliphatic heterocycles. The first-order valence-corrected chi connectivity index (χ1v) is 10.0. The van der Waals surface area contributed by atoms with E-state index in [1.165, 1.54) is 0 Å². The molecule has 1 aromatic carbocycles. The van der Waals surface area contributed by atoms with Crippen LogP contribution in [-0.2, 0) is 17.8 Å². The minimum atomic E-state index is -0.201. The van der Waals surface area contributed by atoms with E-state index in [9.17, 15) is 9.59 Å². The van der Waals surface area contributed by atoms with E-state index in [-0.39, 0.29) is 18.4 Å². The minimum absolute atomic E-state index is 0.00859. The second-order valence-electron chi connectivity index (χ2n) is 7.44. The van der Waals surface area contributed by atoms with E-state index in [1.54, 1.807) is 11.1 Å². The van der Waals surface area contributed by atoms with Gasteiger partial charge < -0.3 is 10.2 Å². The van der Waals surface area contributed by atoms with Gasteiger partial charge in [0, 0.05) is 36.1 Å². The van der Waals surface area contributed by atoms with Gasteiger partial charge in [-0.15, -0.1) is 0 Å². The SMILES string of the molecule is Cc1n[nH]c(C)c1CNC(=O)CN1CCCc2nc(-c3ccccc3)ncc2C1=O. The summed E-state index contributed by atoms with van der Waals surface area (Å²) in [5, 5.41) is 9.92. The van der Waals surface area contributed by atoms with E-state index in [4.69, 9.17) is 0 Å². The molecule has 8 heteroatoms. The van der Waals surface area contributed by atoms with E-state index < -0.39 is 0 Å². The van der Waals surface area contributed by atoms with Crippen LogP contribution in [0.5, 0.6) is 0 Å². The Labute approximate surface area is 174 Å². The molecule has 3 heterocycles. The summed E-state index contributed by atoms with van der Waals surface area (Å²) in [5.74, 6) is 0.209. The second kappa shape index (κ2) is 8.44. The predicted octanol–water partition coefficient (Wildman–Crippen LogP) is 2.19. The molecule has 0 saturated carbocycles. The monoisotopic (exact) mass is 404 g/mol. The van der Waals surface area contributed by atoms with Crippen LogP contribution in [0.4, 0.5) is 0 Å². The highest BCUT2D eigenvalue weighted by atomic mass is 16.2. The van der Waals surface area contributed by atoms with Crippen LogP contribution in [0.25, 0.3) is 11.4 Å². The van der Waals surface area contributed by atoms with Crippen molar-refractivity contribution in [3.8, 4) is 11.4 Å². The average Bonchev–Trinajstić information content (AvgIpc) is 3.00. The zero-order chi connectivity index (χ0) is 21.1. The maximum absolute atomic E-state index is 13.0. The highest BCUT2D eigenvalue weighted by Crippen LogP contribution is 2.21. The molecule has 0 spiro atoms. The van der Waals surface area contributed by atoms with Gasteiger partial charge in [-0.1, -0.05) is 30.3 Å². The highest BCUT2D eigenvalue weighted by Gasteiger charge is 2.26. The van der Waals surface area contributed by atoms with Gasteiger partial charge in [0.15, 0.2) is 5.82 Å². The number of fused-ring (bicyclic) bond motifs is 1. The lowest BCUT2D eigenvalue weighted by Crippen LogP contribution is -2.40. The molecule has 2 N–H and O–H groups in total. The Morgan fingerprint density at radius 1 is 1.23 bits per heavy atom. The Morgan fingerprint density at radius 2 is 2.03 bits per heavy atom. The molecule has 0 saturated heterocycles. The molecule has 0 radical (unpaired) electrons. The van der Waals surface area contributed by atoms with Crippen molar-refractivity contribution in [2.45, 2.75) is 33.2 Å². The Balaban J connectivity index is 1.45. The third kappa shape index (κ3) is 4.07. The van der Waals surface area contributed by atoms with Crippen LogP contribution in [-0.4, -0.2) is 50.0 Å². The number of rotatable bonds is 5. The van der Waals surface area contributed by atoms with Gasteiger partial charge in [0.25, 0.3) is 5.91 Å².